The molecule has 0 bridgehead atoms. The van der Waals surface area contributed by atoms with E-state index in [4.69, 9.17) is 18.0 Å². The number of hydrogen-bond donors (Lipinski definition) is 2. The van der Waals surface area contributed by atoms with Gasteiger partial charge in [0.25, 0.3) is 0 Å². The topological polar surface area (TPSA) is 50.9 Å². The Bertz CT molecular complexity index is 624. The fourth-order valence-corrected chi connectivity index (χ4v) is 2.56. The monoisotopic (exact) mass is 331 g/mol. The number of benzene rings is 1. The van der Waals surface area contributed by atoms with E-state index in [1.54, 1.807) is 5.51 Å². The van der Waals surface area contributed by atoms with Crippen molar-refractivity contribution in [3.8, 4) is 0 Å². The van der Waals surface area contributed by atoms with Gasteiger partial charge in [-0.05, 0) is 18.2 Å². The van der Waals surface area contributed by atoms with E-state index in [-0.39, 0.29) is 10.6 Å². The SMILES string of the molecule is NC(=S)c1cc(NCCc2cscn2)ccc1C(F)(F)F. The van der Waals surface area contributed by atoms with Crippen molar-refractivity contribution in [3.05, 3.63) is 45.9 Å². The molecule has 0 aliphatic heterocycles. The van der Waals surface area contributed by atoms with Gasteiger partial charge in [-0.2, -0.15) is 13.2 Å². The molecule has 2 aromatic rings. The third kappa shape index (κ3) is 4.15. The lowest BCUT2D eigenvalue weighted by Crippen LogP contribution is -2.18. The standard InChI is InChI=1S/C13H12F3N3S2/c14-13(15,16)11-2-1-8(5-10(11)12(17)20)18-4-3-9-6-21-7-19-9/h1-2,5-7,18H,3-4H2,(H2,17,20). The molecule has 3 N–H and O–H groups in total. The average molecular weight is 331 g/mol. The van der Waals surface area contributed by atoms with Crippen molar-refractivity contribution in [1.82, 2.24) is 4.98 Å². The molecule has 0 radical (unpaired) electrons. The molecule has 0 aliphatic rings. The van der Waals surface area contributed by atoms with Crippen LogP contribution in [-0.4, -0.2) is 16.5 Å². The predicted octanol–water partition coefficient (Wildman–Crippen LogP) is 3.45. The zero-order valence-electron chi connectivity index (χ0n) is 10.8. The number of halogens is 3. The first-order valence-electron chi connectivity index (χ1n) is 6.00. The molecular formula is C13H12F3N3S2. The van der Waals surface area contributed by atoms with Crippen molar-refractivity contribution < 1.29 is 13.2 Å². The van der Waals surface area contributed by atoms with Crippen LogP contribution in [0.5, 0.6) is 0 Å². The molecule has 0 unspecified atom stereocenters. The Morgan fingerprint density at radius 3 is 2.71 bits per heavy atom. The van der Waals surface area contributed by atoms with Gasteiger partial charge < -0.3 is 11.1 Å². The highest BCUT2D eigenvalue weighted by atomic mass is 32.1. The van der Waals surface area contributed by atoms with Gasteiger partial charge in [0.05, 0.1) is 16.8 Å². The summed E-state index contributed by atoms with van der Waals surface area (Å²) in [6.45, 7) is 0.561. The highest BCUT2D eigenvalue weighted by Crippen LogP contribution is 2.33. The molecule has 0 saturated heterocycles. The van der Waals surface area contributed by atoms with E-state index in [1.165, 1.54) is 23.5 Å². The molecule has 3 nitrogen and oxygen atoms in total. The lowest BCUT2D eigenvalue weighted by atomic mass is 10.1. The second kappa shape index (κ2) is 6.40. The number of alkyl halides is 3. The van der Waals surface area contributed by atoms with Gasteiger partial charge >= 0.3 is 6.18 Å². The van der Waals surface area contributed by atoms with Crippen molar-refractivity contribution in [1.29, 1.82) is 0 Å². The third-order valence-electron chi connectivity index (χ3n) is 2.78. The Morgan fingerprint density at radius 2 is 2.14 bits per heavy atom. The molecule has 8 heteroatoms. The van der Waals surface area contributed by atoms with E-state index >= 15 is 0 Å². The van der Waals surface area contributed by atoms with E-state index < -0.39 is 11.7 Å². The molecule has 0 saturated carbocycles. The van der Waals surface area contributed by atoms with Crippen LogP contribution in [0, 0.1) is 0 Å². The Balaban J connectivity index is 2.11. The second-order valence-corrected chi connectivity index (χ2v) is 5.44. The van der Waals surface area contributed by atoms with Crippen LogP contribution in [0.4, 0.5) is 18.9 Å². The molecule has 21 heavy (non-hydrogen) atoms. The maximum Gasteiger partial charge on any atom is 0.417 e. The van der Waals surface area contributed by atoms with Crippen LogP contribution < -0.4 is 11.1 Å². The van der Waals surface area contributed by atoms with Crippen molar-refractivity contribution in [2.24, 2.45) is 5.73 Å². The summed E-state index contributed by atoms with van der Waals surface area (Å²) in [5, 5.41) is 4.96. The Kier molecular flexibility index (Phi) is 4.79. The zero-order valence-corrected chi connectivity index (χ0v) is 12.4. The Morgan fingerprint density at radius 1 is 1.38 bits per heavy atom. The van der Waals surface area contributed by atoms with Crippen molar-refractivity contribution >= 4 is 34.2 Å². The normalized spacial score (nSPS) is 11.4. The molecule has 0 amide bonds. The minimum Gasteiger partial charge on any atom is -0.389 e. The number of nitrogens with two attached hydrogens (primary N) is 1. The first-order chi connectivity index (χ1) is 9.88. The Hall–Kier alpha value is -1.67. The summed E-state index contributed by atoms with van der Waals surface area (Å²) in [6, 6.07) is 3.68. The smallest absolute Gasteiger partial charge is 0.389 e. The highest BCUT2D eigenvalue weighted by Gasteiger charge is 2.33. The number of nitrogens with one attached hydrogen (secondary N) is 1. The van der Waals surface area contributed by atoms with Crippen LogP contribution >= 0.6 is 23.6 Å². The third-order valence-corrected chi connectivity index (χ3v) is 3.64. The summed E-state index contributed by atoms with van der Waals surface area (Å²) in [7, 11) is 0. The summed E-state index contributed by atoms with van der Waals surface area (Å²) < 4.78 is 38.5. The van der Waals surface area contributed by atoms with Crippen LogP contribution in [-0.2, 0) is 12.6 Å². The van der Waals surface area contributed by atoms with Crippen LogP contribution in [0.15, 0.2) is 29.1 Å². The maximum atomic E-state index is 12.8. The fourth-order valence-electron chi connectivity index (χ4n) is 1.80. The summed E-state index contributed by atoms with van der Waals surface area (Å²) in [6.07, 6.45) is -3.79. The summed E-state index contributed by atoms with van der Waals surface area (Å²) in [4.78, 5) is 3.86. The van der Waals surface area contributed by atoms with E-state index in [2.05, 4.69) is 10.3 Å². The number of thiocarbonyl (C=S) groups is 1. The number of thiazole rings is 1. The molecule has 0 fully saturated rings. The zero-order chi connectivity index (χ0) is 15.5. The van der Waals surface area contributed by atoms with Crippen LogP contribution in [0.25, 0.3) is 0 Å². The molecule has 2 rings (SSSR count). The number of anilines is 1. The van der Waals surface area contributed by atoms with Gasteiger partial charge in [-0.3, -0.25) is 0 Å². The van der Waals surface area contributed by atoms with Crippen molar-refractivity contribution in [2.45, 2.75) is 12.6 Å². The number of nitrogens with zero attached hydrogens (tertiary/aromatic N) is 1. The van der Waals surface area contributed by atoms with Gasteiger partial charge in [-0.1, -0.05) is 12.2 Å². The summed E-state index contributed by atoms with van der Waals surface area (Å²) in [5.41, 5.74) is 7.61. The van der Waals surface area contributed by atoms with E-state index in [0.29, 0.717) is 18.7 Å². The number of rotatable bonds is 5. The molecule has 112 valence electrons. The molecule has 1 aromatic carbocycles. The summed E-state index contributed by atoms with van der Waals surface area (Å²) >= 11 is 6.20. The first kappa shape index (κ1) is 15.7. The second-order valence-electron chi connectivity index (χ2n) is 4.28. The van der Waals surface area contributed by atoms with Gasteiger partial charge in [0, 0.05) is 29.6 Å². The van der Waals surface area contributed by atoms with Crippen molar-refractivity contribution in [3.63, 3.8) is 0 Å². The van der Waals surface area contributed by atoms with Gasteiger partial charge in [0.1, 0.15) is 4.99 Å². The van der Waals surface area contributed by atoms with Crippen LogP contribution in [0.2, 0.25) is 0 Å². The fraction of sp³-hybridized carbons (Fsp3) is 0.231. The van der Waals surface area contributed by atoms with E-state index in [0.717, 1.165) is 11.8 Å². The van der Waals surface area contributed by atoms with Gasteiger partial charge in [0.2, 0.25) is 0 Å². The average Bonchev–Trinajstić information content (AvgIpc) is 2.90. The van der Waals surface area contributed by atoms with Gasteiger partial charge in [-0.25, -0.2) is 4.98 Å². The molecule has 0 atom stereocenters. The lowest BCUT2D eigenvalue weighted by molar-refractivity contribution is -0.137. The number of aromatic nitrogens is 1. The van der Waals surface area contributed by atoms with Crippen LogP contribution in [0.3, 0.4) is 0 Å². The largest absolute Gasteiger partial charge is 0.417 e. The molecular weight excluding hydrogens is 319 g/mol. The highest BCUT2D eigenvalue weighted by molar-refractivity contribution is 7.80. The van der Waals surface area contributed by atoms with Gasteiger partial charge in [0.15, 0.2) is 0 Å². The minimum absolute atomic E-state index is 0.170. The van der Waals surface area contributed by atoms with Gasteiger partial charge in [-0.15, -0.1) is 11.3 Å². The molecule has 0 spiro atoms. The van der Waals surface area contributed by atoms with E-state index in [1.807, 2.05) is 5.38 Å². The number of hydrogen-bond acceptors (Lipinski definition) is 4. The molecule has 0 aliphatic carbocycles. The molecule has 1 heterocycles. The predicted molar refractivity (Wildman–Crippen MR) is 81.6 cm³/mol. The van der Waals surface area contributed by atoms with Crippen LogP contribution in [0.1, 0.15) is 16.8 Å². The molecule has 1 aromatic heterocycles. The first-order valence-corrected chi connectivity index (χ1v) is 7.35. The quantitative estimate of drug-likeness (QED) is 0.824. The Labute approximate surface area is 129 Å². The minimum atomic E-state index is -4.47. The van der Waals surface area contributed by atoms with E-state index in [9.17, 15) is 13.2 Å². The maximum absolute atomic E-state index is 12.8. The lowest BCUT2D eigenvalue weighted by Gasteiger charge is -2.14. The van der Waals surface area contributed by atoms with Crippen molar-refractivity contribution in [2.75, 3.05) is 11.9 Å². The summed E-state index contributed by atoms with van der Waals surface area (Å²) in [5.74, 6) is 0.